The van der Waals surface area contributed by atoms with E-state index < -0.39 is 18.1 Å². The van der Waals surface area contributed by atoms with Crippen LogP contribution in [-0.2, 0) is 27.3 Å². The normalized spacial score (nSPS) is 12.8. The maximum absolute atomic E-state index is 13.0. The van der Waals surface area contributed by atoms with Crippen molar-refractivity contribution in [1.29, 1.82) is 0 Å². The lowest BCUT2D eigenvalue weighted by Gasteiger charge is -2.19. The molecule has 5 heteroatoms. The molecule has 0 bridgehead atoms. The van der Waals surface area contributed by atoms with Crippen LogP contribution in [0.1, 0.15) is 28.2 Å². The molecule has 5 rings (SSSR count). The SMILES string of the molecule is O=C(N[C@@H](Cc1ccccc1)C(=O)OCc1ccccc1)OCC1c2ccccc2-c2ccccc21. The molecule has 1 amide bonds. The van der Waals surface area contributed by atoms with Crippen LogP contribution in [0, 0.1) is 0 Å². The second-order valence-corrected chi connectivity index (χ2v) is 8.81. The summed E-state index contributed by atoms with van der Waals surface area (Å²) in [7, 11) is 0. The second kappa shape index (κ2) is 10.9. The van der Waals surface area contributed by atoms with Crippen molar-refractivity contribution in [3.05, 3.63) is 131 Å². The summed E-state index contributed by atoms with van der Waals surface area (Å²) in [4.78, 5) is 25.8. The van der Waals surface area contributed by atoms with Crippen LogP contribution in [0.25, 0.3) is 11.1 Å². The molecule has 0 unspecified atom stereocenters. The van der Waals surface area contributed by atoms with Gasteiger partial charge in [-0.3, -0.25) is 0 Å². The zero-order chi connectivity index (χ0) is 24.7. The first-order chi connectivity index (χ1) is 17.7. The smallest absolute Gasteiger partial charge is 0.407 e. The summed E-state index contributed by atoms with van der Waals surface area (Å²) in [5, 5.41) is 2.74. The average Bonchev–Trinajstić information content (AvgIpc) is 3.25. The second-order valence-electron chi connectivity index (χ2n) is 8.81. The molecule has 0 aromatic heterocycles. The summed E-state index contributed by atoms with van der Waals surface area (Å²) < 4.78 is 11.2. The predicted molar refractivity (Wildman–Crippen MR) is 138 cm³/mol. The largest absolute Gasteiger partial charge is 0.459 e. The number of esters is 1. The minimum absolute atomic E-state index is 0.0549. The Morgan fingerprint density at radius 3 is 1.81 bits per heavy atom. The topological polar surface area (TPSA) is 64.6 Å². The van der Waals surface area contributed by atoms with Crippen LogP contribution in [0.3, 0.4) is 0 Å². The molecule has 1 aliphatic carbocycles. The molecule has 0 saturated carbocycles. The molecule has 1 atom stereocenters. The highest BCUT2D eigenvalue weighted by atomic mass is 16.6. The average molecular weight is 478 g/mol. The summed E-state index contributed by atoms with van der Waals surface area (Å²) in [6, 6.07) is 34.5. The Bertz CT molecular complexity index is 1290. The number of rotatable bonds is 8. The third-order valence-electron chi connectivity index (χ3n) is 6.43. The fourth-order valence-electron chi connectivity index (χ4n) is 4.65. The van der Waals surface area contributed by atoms with Gasteiger partial charge in [0.2, 0.25) is 0 Å². The molecular weight excluding hydrogens is 450 g/mol. The van der Waals surface area contributed by atoms with E-state index in [1.165, 1.54) is 0 Å². The first-order valence-corrected chi connectivity index (χ1v) is 12.0. The molecule has 180 valence electrons. The van der Waals surface area contributed by atoms with Gasteiger partial charge in [-0.25, -0.2) is 9.59 Å². The summed E-state index contributed by atoms with van der Waals surface area (Å²) in [5.41, 5.74) is 6.38. The highest BCUT2D eigenvalue weighted by Crippen LogP contribution is 2.44. The van der Waals surface area contributed by atoms with Gasteiger partial charge in [0.25, 0.3) is 0 Å². The summed E-state index contributed by atoms with van der Waals surface area (Å²) in [5.74, 6) is -0.558. The molecule has 0 fully saturated rings. The first kappa shape index (κ1) is 23.4. The molecule has 4 aromatic carbocycles. The van der Waals surface area contributed by atoms with Crippen molar-refractivity contribution in [2.75, 3.05) is 6.61 Å². The van der Waals surface area contributed by atoms with Crippen molar-refractivity contribution in [2.45, 2.75) is 25.0 Å². The van der Waals surface area contributed by atoms with E-state index in [4.69, 9.17) is 9.47 Å². The maximum atomic E-state index is 13.0. The van der Waals surface area contributed by atoms with Crippen molar-refractivity contribution in [1.82, 2.24) is 5.32 Å². The molecule has 0 saturated heterocycles. The van der Waals surface area contributed by atoms with Crippen LogP contribution in [0.2, 0.25) is 0 Å². The van der Waals surface area contributed by atoms with Gasteiger partial charge in [-0.05, 0) is 33.4 Å². The van der Waals surface area contributed by atoms with Crippen molar-refractivity contribution < 1.29 is 19.1 Å². The standard InChI is InChI=1S/C31H27NO4/c33-30(35-20-23-13-5-2-6-14-23)29(19-22-11-3-1-4-12-22)32-31(34)36-21-28-26-17-9-7-15-24(26)25-16-8-10-18-27(25)28/h1-18,28-29H,19-21H2,(H,32,34)/t29-/m0/s1. The van der Waals surface area contributed by atoms with Gasteiger partial charge >= 0.3 is 12.1 Å². The zero-order valence-electron chi connectivity index (χ0n) is 19.8. The Balaban J connectivity index is 1.26. The van der Waals surface area contributed by atoms with E-state index in [2.05, 4.69) is 29.6 Å². The Labute approximate surface area is 210 Å². The molecule has 0 radical (unpaired) electrons. The lowest BCUT2D eigenvalue weighted by Crippen LogP contribution is -2.43. The van der Waals surface area contributed by atoms with Crippen LogP contribution in [0.5, 0.6) is 0 Å². The van der Waals surface area contributed by atoms with Gasteiger partial charge < -0.3 is 14.8 Å². The summed E-state index contributed by atoms with van der Waals surface area (Å²) in [6.45, 7) is 0.314. The highest BCUT2D eigenvalue weighted by Gasteiger charge is 2.30. The van der Waals surface area contributed by atoms with Crippen molar-refractivity contribution in [3.63, 3.8) is 0 Å². The minimum atomic E-state index is -0.869. The van der Waals surface area contributed by atoms with E-state index in [1.807, 2.05) is 84.9 Å². The quantitative estimate of drug-likeness (QED) is 0.322. The number of ether oxygens (including phenoxy) is 2. The van der Waals surface area contributed by atoms with Gasteiger partial charge in [-0.15, -0.1) is 0 Å². The van der Waals surface area contributed by atoms with Gasteiger partial charge in [0, 0.05) is 12.3 Å². The number of hydrogen-bond acceptors (Lipinski definition) is 4. The van der Waals surface area contributed by atoms with Crippen molar-refractivity contribution in [3.8, 4) is 11.1 Å². The molecule has 0 spiro atoms. The minimum Gasteiger partial charge on any atom is -0.459 e. The monoisotopic (exact) mass is 477 g/mol. The number of alkyl carbamates (subject to hydrolysis) is 1. The number of carbonyl (C=O) groups excluding carboxylic acids is 2. The Morgan fingerprint density at radius 1 is 0.667 bits per heavy atom. The molecule has 0 aliphatic heterocycles. The molecule has 1 aliphatic rings. The van der Waals surface area contributed by atoms with E-state index >= 15 is 0 Å². The molecule has 0 heterocycles. The molecule has 36 heavy (non-hydrogen) atoms. The first-order valence-electron chi connectivity index (χ1n) is 12.0. The van der Waals surface area contributed by atoms with Crippen LogP contribution in [0.15, 0.2) is 109 Å². The number of nitrogens with one attached hydrogen (secondary N) is 1. The lowest BCUT2D eigenvalue weighted by atomic mass is 9.98. The van der Waals surface area contributed by atoms with Gasteiger partial charge in [-0.2, -0.15) is 0 Å². The maximum Gasteiger partial charge on any atom is 0.407 e. The fraction of sp³-hybridized carbons (Fsp3) is 0.161. The van der Waals surface area contributed by atoms with E-state index in [9.17, 15) is 9.59 Å². The fourth-order valence-corrected chi connectivity index (χ4v) is 4.65. The van der Waals surface area contributed by atoms with Crippen molar-refractivity contribution in [2.24, 2.45) is 0 Å². The van der Waals surface area contributed by atoms with Gasteiger partial charge in [0.05, 0.1) is 0 Å². The van der Waals surface area contributed by atoms with Gasteiger partial charge in [-0.1, -0.05) is 109 Å². The molecule has 5 nitrogen and oxygen atoms in total. The van der Waals surface area contributed by atoms with E-state index in [1.54, 1.807) is 0 Å². The predicted octanol–water partition coefficient (Wildman–Crippen LogP) is 5.88. The summed E-state index contributed by atoms with van der Waals surface area (Å²) in [6.07, 6.45) is -0.340. The number of fused-ring (bicyclic) bond motifs is 3. The van der Waals surface area contributed by atoms with Gasteiger partial charge in [0.15, 0.2) is 0 Å². The molecule has 4 aromatic rings. The molecule has 1 N–H and O–H groups in total. The molecular formula is C31H27NO4. The lowest BCUT2D eigenvalue weighted by molar-refractivity contribution is -0.147. The van der Waals surface area contributed by atoms with Crippen molar-refractivity contribution >= 4 is 12.1 Å². The van der Waals surface area contributed by atoms with Crippen LogP contribution >= 0.6 is 0 Å². The Kier molecular flexibility index (Phi) is 7.08. The third kappa shape index (κ3) is 5.31. The number of hydrogen-bond donors (Lipinski definition) is 1. The number of amides is 1. The van der Waals surface area contributed by atoms with E-state index in [0.29, 0.717) is 6.42 Å². The zero-order valence-corrected chi connectivity index (χ0v) is 19.8. The summed E-state index contributed by atoms with van der Waals surface area (Å²) >= 11 is 0. The third-order valence-corrected chi connectivity index (χ3v) is 6.43. The van der Waals surface area contributed by atoms with Gasteiger partial charge in [0.1, 0.15) is 19.3 Å². The number of benzene rings is 4. The van der Waals surface area contributed by atoms with E-state index in [0.717, 1.165) is 33.4 Å². The van der Waals surface area contributed by atoms with E-state index in [-0.39, 0.29) is 19.1 Å². The van der Waals surface area contributed by atoms with Crippen LogP contribution < -0.4 is 5.32 Å². The van der Waals surface area contributed by atoms with Crippen LogP contribution in [0.4, 0.5) is 4.79 Å². The number of carbonyl (C=O) groups is 2. The highest BCUT2D eigenvalue weighted by molar-refractivity contribution is 5.82. The Hall–Kier alpha value is -4.38. The van der Waals surface area contributed by atoms with Crippen LogP contribution in [-0.4, -0.2) is 24.7 Å². The Morgan fingerprint density at radius 2 is 1.19 bits per heavy atom.